The molecule has 0 amide bonds. The molecule has 1 atom stereocenters. The second-order valence-corrected chi connectivity index (χ2v) is 11.7. The first-order valence-corrected chi connectivity index (χ1v) is 13.6. The van der Waals surface area contributed by atoms with Gasteiger partial charge in [-0.1, -0.05) is 78.9 Å². The molecule has 0 bridgehead atoms. The van der Waals surface area contributed by atoms with Crippen molar-refractivity contribution in [2.24, 2.45) is 3.77 Å². The fourth-order valence-corrected chi connectivity index (χ4v) is 7.54. The standard InChI is InChI=1S/C22H22N2O4S3/c25-30(26,21-15-6-2-7-16-21)23-29(19-11-10-14-20-12-4-1-5-13-20)24-31(27,28)22-17-8-3-9-18-22/h1-13,15-18H,14,19H2,(H,23,24)/b11-10+. The summed E-state index contributed by atoms with van der Waals surface area (Å²) >= 11 is 0. The van der Waals surface area contributed by atoms with Gasteiger partial charge < -0.3 is 0 Å². The number of hydrogen-bond donors (Lipinski definition) is 1. The highest BCUT2D eigenvalue weighted by Gasteiger charge is 2.19. The molecular formula is C22H22N2O4S3. The molecular weight excluding hydrogens is 452 g/mol. The van der Waals surface area contributed by atoms with E-state index in [1.165, 1.54) is 24.3 Å². The molecule has 0 aliphatic carbocycles. The first-order valence-electron chi connectivity index (χ1n) is 9.37. The van der Waals surface area contributed by atoms with Gasteiger partial charge in [-0.25, -0.2) is 8.42 Å². The maximum atomic E-state index is 12.7. The van der Waals surface area contributed by atoms with Crippen LogP contribution in [0.2, 0.25) is 0 Å². The minimum absolute atomic E-state index is 0.0136. The van der Waals surface area contributed by atoms with Gasteiger partial charge in [-0.3, -0.25) is 0 Å². The van der Waals surface area contributed by atoms with Crippen LogP contribution in [-0.2, 0) is 37.3 Å². The van der Waals surface area contributed by atoms with Crippen LogP contribution in [0, 0.1) is 0 Å². The number of hydrogen-bond acceptors (Lipinski definition) is 4. The molecule has 0 spiro atoms. The van der Waals surface area contributed by atoms with Crippen molar-refractivity contribution in [3.63, 3.8) is 0 Å². The fourth-order valence-electron chi connectivity index (χ4n) is 2.60. The van der Waals surface area contributed by atoms with E-state index in [1.54, 1.807) is 42.5 Å². The Morgan fingerprint density at radius 1 is 0.710 bits per heavy atom. The zero-order valence-corrected chi connectivity index (χ0v) is 19.0. The fraction of sp³-hybridized carbons (Fsp3) is 0.0909. The van der Waals surface area contributed by atoms with Gasteiger partial charge in [-0.05, 0) is 36.2 Å². The van der Waals surface area contributed by atoms with Gasteiger partial charge in [0, 0.05) is 16.6 Å². The van der Waals surface area contributed by atoms with E-state index in [0.29, 0.717) is 6.42 Å². The van der Waals surface area contributed by atoms with E-state index >= 15 is 0 Å². The molecule has 0 aromatic heterocycles. The van der Waals surface area contributed by atoms with Crippen molar-refractivity contribution in [3.05, 3.63) is 109 Å². The summed E-state index contributed by atoms with van der Waals surface area (Å²) in [4.78, 5) is 0.0627. The van der Waals surface area contributed by atoms with Gasteiger partial charge in [0.2, 0.25) is 0 Å². The molecule has 0 saturated carbocycles. The monoisotopic (exact) mass is 474 g/mol. The van der Waals surface area contributed by atoms with E-state index in [0.717, 1.165) is 5.56 Å². The molecule has 6 nitrogen and oxygen atoms in total. The van der Waals surface area contributed by atoms with Crippen LogP contribution in [0.1, 0.15) is 5.56 Å². The first-order chi connectivity index (χ1) is 14.9. The summed E-state index contributed by atoms with van der Waals surface area (Å²) in [6.45, 7) is 0. The van der Waals surface area contributed by atoms with Gasteiger partial charge in [0.15, 0.2) is 0 Å². The van der Waals surface area contributed by atoms with Gasteiger partial charge >= 0.3 is 0 Å². The molecule has 1 unspecified atom stereocenters. The Bertz CT molecular complexity index is 1260. The molecule has 0 aliphatic rings. The third-order valence-electron chi connectivity index (χ3n) is 4.11. The molecule has 1 N–H and O–H groups in total. The smallest absolute Gasteiger partial charge is 0.206 e. The summed E-state index contributed by atoms with van der Waals surface area (Å²) in [7, 11) is -9.47. The predicted octanol–water partition coefficient (Wildman–Crippen LogP) is 3.87. The molecule has 0 aliphatic heterocycles. The average molecular weight is 475 g/mol. The van der Waals surface area contributed by atoms with Gasteiger partial charge in [0.05, 0.1) is 9.79 Å². The van der Waals surface area contributed by atoms with Crippen LogP contribution < -0.4 is 4.13 Å². The minimum atomic E-state index is -4.03. The lowest BCUT2D eigenvalue weighted by atomic mass is 10.1. The van der Waals surface area contributed by atoms with Crippen molar-refractivity contribution in [1.29, 1.82) is 0 Å². The van der Waals surface area contributed by atoms with Crippen LogP contribution in [-0.4, -0.2) is 22.6 Å². The van der Waals surface area contributed by atoms with Crippen molar-refractivity contribution < 1.29 is 16.8 Å². The number of sulfonamides is 2. The molecule has 0 saturated heterocycles. The third kappa shape index (κ3) is 6.96. The van der Waals surface area contributed by atoms with E-state index in [9.17, 15) is 16.8 Å². The Morgan fingerprint density at radius 3 is 1.81 bits per heavy atom. The number of nitrogens with one attached hydrogen (secondary N) is 1. The number of benzene rings is 3. The molecule has 9 heteroatoms. The van der Waals surface area contributed by atoms with E-state index in [2.05, 4.69) is 7.90 Å². The Labute approximate surface area is 186 Å². The summed E-state index contributed by atoms with van der Waals surface area (Å²) < 4.78 is 57.2. The van der Waals surface area contributed by atoms with E-state index in [-0.39, 0.29) is 15.5 Å². The van der Waals surface area contributed by atoms with E-state index < -0.39 is 30.9 Å². The van der Waals surface area contributed by atoms with Crippen LogP contribution in [0.3, 0.4) is 0 Å². The number of nitrogens with zero attached hydrogens (tertiary/aromatic N) is 1. The lowest BCUT2D eigenvalue weighted by Crippen LogP contribution is -2.28. The predicted molar refractivity (Wildman–Crippen MR) is 124 cm³/mol. The molecule has 3 aromatic carbocycles. The van der Waals surface area contributed by atoms with Crippen molar-refractivity contribution in [2.45, 2.75) is 16.2 Å². The summed E-state index contributed by atoms with van der Waals surface area (Å²) in [6, 6.07) is 25.3. The van der Waals surface area contributed by atoms with Crippen molar-refractivity contribution in [2.75, 3.05) is 5.75 Å². The number of allylic oxidation sites excluding steroid dienone is 1. The van der Waals surface area contributed by atoms with Gasteiger partial charge in [-0.15, -0.1) is 7.90 Å². The van der Waals surface area contributed by atoms with Crippen LogP contribution in [0.25, 0.3) is 0 Å². The van der Waals surface area contributed by atoms with Crippen LogP contribution in [0.15, 0.2) is 117 Å². The Hall–Kier alpha value is -2.59. The summed E-state index contributed by atoms with van der Waals surface area (Å²) in [5, 5.41) is 0. The average Bonchev–Trinajstić information content (AvgIpc) is 2.78. The summed E-state index contributed by atoms with van der Waals surface area (Å²) in [5.74, 6) is 0.116. The zero-order valence-electron chi connectivity index (χ0n) is 16.5. The second-order valence-electron chi connectivity index (χ2n) is 6.45. The highest BCUT2D eigenvalue weighted by molar-refractivity contribution is 8.06. The normalized spacial score (nSPS) is 13.4. The molecule has 3 aromatic rings. The topological polar surface area (TPSA) is 92.7 Å². The Morgan fingerprint density at radius 2 is 1.23 bits per heavy atom. The number of rotatable bonds is 9. The lowest BCUT2D eigenvalue weighted by molar-refractivity contribution is 0.594. The molecule has 0 heterocycles. The summed E-state index contributed by atoms with van der Waals surface area (Å²) in [6.07, 6.45) is 4.26. The van der Waals surface area contributed by atoms with Gasteiger partial charge in [0.25, 0.3) is 20.0 Å². The molecule has 162 valence electrons. The largest absolute Gasteiger partial charge is 0.289 e. The molecule has 0 radical (unpaired) electrons. The minimum Gasteiger partial charge on any atom is -0.206 e. The van der Waals surface area contributed by atoms with E-state index in [1.807, 2.05) is 36.4 Å². The van der Waals surface area contributed by atoms with Crippen molar-refractivity contribution in [3.8, 4) is 0 Å². The Balaban J connectivity index is 1.86. The molecule has 3 rings (SSSR count). The highest BCUT2D eigenvalue weighted by atomic mass is 32.3. The quantitative estimate of drug-likeness (QED) is 0.477. The van der Waals surface area contributed by atoms with Crippen LogP contribution >= 0.6 is 0 Å². The lowest BCUT2D eigenvalue weighted by Gasteiger charge is -2.10. The van der Waals surface area contributed by atoms with Gasteiger partial charge in [0.1, 0.15) is 0 Å². The van der Waals surface area contributed by atoms with Crippen LogP contribution in [0.5, 0.6) is 0 Å². The zero-order chi connectivity index (χ0) is 22.2. The summed E-state index contributed by atoms with van der Waals surface area (Å²) in [5.41, 5.74) is 1.09. The maximum absolute atomic E-state index is 12.7. The second kappa shape index (κ2) is 10.6. The van der Waals surface area contributed by atoms with E-state index in [4.69, 9.17) is 0 Å². The SMILES string of the molecule is O=S(=O)(/N=S(\C/C=C/Cc1ccccc1)NS(=O)(=O)c1ccccc1)c1ccccc1. The molecule has 0 fully saturated rings. The molecule has 31 heavy (non-hydrogen) atoms. The Kier molecular flexibility index (Phi) is 7.91. The highest BCUT2D eigenvalue weighted by Crippen LogP contribution is 2.14. The third-order valence-corrected chi connectivity index (χ3v) is 9.53. The van der Waals surface area contributed by atoms with Gasteiger partial charge in [-0.2, -0.15) is 8.42 Å². The first kappa shape index (κ1) is 23.1. The maximum Gasteiger partial charge on any atom is 0.289 e. The van der Waals surface area contributed by atoms with Crippen molar-refractivity contribution >= 4 is 30.9 Å². The van der Waals surface area contributed by atoms with Crippen molar-refractivity contribution in [1.82, 2.24) is 4.13 Å². The van der Waals surface area contributed by atoms with Crippen LogP contribution in [0.4, 0.5) is 0 Å².